The molecule has 0 spiro atoms. The summed E-state index contributed by atoms with van der Waals surface area (Å²) in [6.07, 6.45) is 0. The molecule has 0 saturated heterocycles. The summed E-state index contributed by atoms with van der Waals surface area (Å²) in [5, 5.41) is 19.3. The molecule has 0 saturated carbocycles. The Morgan fingerprint density at radius 2 is 1.91 bits per heavy atom. The molecule has 35 heavy (non-hydrogen) atoms. The van der Waals surface area contributed by atoms with E-state index < -0.39 is 41.2 Å². The highest BCUT2D eigenvalue weighted by atomic mass is 32.2. The zero-order valence-corrected chi connectivity index (χ0v) is 19.6. The van der Waals surface area contributed by atoms with E-state index in [4.69, 9.17) is 5.73 Å². The van der Waals surface area contributed by atoms with Crippen molar-refractivity contribution < 1.29 is 22.4 Å². The van der Waals surface area contributed by atoms with Crippen LogP contribution in [0.1, 0.15) is 29.7 Å². The number of primary amides is 1. The van der Waals surface area contributed by atoms with Gasteiger partial charge in [0, 0.05) is 18.3 Å². The molecular formula is C23H21FN6O4S. The SMILES string of the molecule is CC1=C(C#N)[C@@H](c2ccc(C#N)cc2S(=O)(=O)NCC(N)=O)N(C)C(=O)N1c1cccc(CF)c1. The van der Waals surface area contributed by atoms with E-state index in [2.05, 4.69) is 10.8 Å². The fraction of sp³-hybridized carbons (Fsp3) is 0.217. The van der Waals surface area contributed by atoms with Crippen molar-refractivity contribution >= 4 is 27.6 Å². The minimum Gasteiger partial charge on any atom is -0.369 e. The van der Waals surface area contributed by atoms with E-state index in [0.29, 0.717) is 11.3 Å². The molecule has 3 amide bonds. The second kappa shape index (κ2) is 9.93. The number of nitrogens with zero attached hydrogens (tertiary/aromatic N) is 4. The van der Waals surface area contributed by atoms with Crippen molar-refractivity contribution in [1.82, 2.24) is 9.62 Å². The number of rotatable bonds is 7. The fourth-order valence-electron chi connectivity index (χ4n) is 3.82. The number of hydrogen-bond acceptors (Lipinski definition) is 6. The lowest BCUT2D eigenvalue weighted by Crippen LogP contribution is -2.48. The number of alkyl halides is 1. The van der Waals surface area contributed by atoms with Gasteiger partial charge in [0.1, 0.15) is 6.67 Å². The largest absolute Gasteiger partial charge is 0.369 e. The molecule has 1 atom stereocenters. The fourth-order valence-corrected chi connectivity index (χ4v) is 5.08. The first-order chi connectivity index (χ1) is 16.5. The van der Waals surface area contributed by atoms with Crippen molar-refractivity contribution in [1.29, 1.82) is 10.5 Å². The molecule has 0 aromatic heterocycles. The molecule has 2 aromatic carbocycles. The summed E-state index contributed by atoms with van der Waals surface area (Å²) in [4.78, 5) is 26.6. The molecule has 0 radical (unpaired) electrons. The lowest BCUT2D eigenvalue weighted by atomic mass is 9.93. The van der Waals surface area contributed by atoms with Crippen LogP contribution in [0.15, 0.2) is 58.6 Å². The number of nitrogens with one attached hydrogen (secondary N) is 1. The average Bonchev–Trinajstić information content (AvgIpc) is 2.84. The maximum Gasteiger partial charge on any atom is 0.329 e. The van der Waals surface area contributed by atoms with E-state index in [9.17, 15) is 32.9 Å². The predicted octanol–water partition coefficient (Wildman–Crippen LogP) is 2.20. The van der Waals surface area contributed by atoms with Gasteiger partial charge in [0.05, 0.1) is 46.4 Å². The Bertz CT molecular complexity index is 1420. The average molecular weight is 497 g/mol. The zero-order chi connectivity index (χ0) is 25.9. The van der Waals surface area contributed by atoms with Crippen molar-refractivity contribution in [3.05, 3.63) is 70.4 Å². The Kier molecular flexibility index (Phi) is 7.20. The number of likely N-dealkylation sites (N-methyl/N-ethyl adjacent to an activating group) is 1. The molecule has 0 aliphatic carbocycles. The van der Waals surface area contributed by atoms with Gasteiger partial charge in [0.25, 0.3) is 0 Å². The highest BCUT2D eigenvalue weighted by Crippen LogP contribution is 2.40. The van der Waals surface area contributed by atoms with Gasteiger partial charge in [0.2, 0.25) is 15.9 Å². The molecule has 3 rings (SSSR count). The topological polar surface area (TPSA) is 160 Å². The van der Waals surface area contributed by atoms with E-state index >= 15 is 0 Å². The maximum absolute atomic E-state index is 13.4. The van der Waals surface area contributed by atoms with Crippen molar-refractivity contribution in [3.8, 4) is 12.1 Å². The third-order valence-electron chi connectivity index (χ3n) is 5.49. The summed E-state index contributed by atoms with van der Waals surface area (Å²) >= 11 is 0. The van der Waals surface area contributed by atoms with Gasteiger partial charge in [-0.3, -0.25) is 9.69 Å². The van der Waals surface area contributed by atoms with E-state index in [0.717, 1.165) is 6.07 Å². The summed E-state index contributed by atoms with van der Waals surface area (Å²) in [5.41, 5.74) is 6.10. The van der Waals surface area contributed by atoms with Gasteiger partial charge in [-0.2, -0.15) is 10.5 Å². The molecular weight excluding hydrogens is 475 g/mol. The Morgan fingerprint density at radius 1 is 1.20 bits per heavy atom. The number of nitrogens with two attached hydrogens (primary N) is 1. The minimum absolute atomic E-state index is 0.0156. The standard InChI is InChI=1S/C23H21FN6O4S/c1-14-19(12-26)22(29(2)23(32)30(14)17-5-3-4-15(8-17)10-24)18-7-6-16(11-25)9-20(18)35(33,34)28-13-21(27)31/h3-9,22,28H,10,13H2,1-2H3,(H2,27,31)/t22-/m1/s1. The number of urea groups is 1. The van der Waals surface area contributed by atoms with Crippen LogP contribution < -0.4 is 15.4 Å². The normalized spacial score (nSPS) is 16.1. The number of amides is 3. The van der Waals surface area contributed by atoms with Crippen LogP contribution in [-0.2, 0) is 21.5 Å². The van der Waals surface area contributed by atoms with E-state index in [-0.39, 0.29) is 27.3 Å². The number of benzene rings is 2. The van der Waals surface area contributed by atoms with Gasteiger partial charge >= 0.3 is 6.03 Å². The third kappa shape index (κ3) is 4.84. The van der Waals surface area contributed by atoms with Crippen LogP contribution in [-0.4, -0.2) is 38.8 Å². The molecule has 12 heteroatoms. The number of halogens is 1. The summed E-state index contributed by atoms with van der Waals surface area (Å²) in [6.45, 7) is 0.103. The second-order valence-electron chi connectivity index (χ2n) is 7.70. The van der Waals surface area contributed by atoms with Crippen molar-refractivity contribution in [3.63, 3.8) is 0 Å². The van der Waals surface area contributed by atoms with Crippen molar-refractivity contribution in [2.45, 2.75) is 24.5 Å². The lowest BCUT2D eigenvalue weighted by molar-refractivity contribution is -0.116. The first-order valence-electron chi connectivity index (χ1n) is 10.2. The Hall–Kier alpha value is -4.26. The summed E-state index contributed by atoms with van der Waals surface area (Å²) < 4.78 is 41.3. The smallest absolute Gasteiger partial charge is 0.329 e. The Balaban J connectivity index is 2.23. The summed E-state index contributed by atoms with van der Waals surface area (Å²) in [5.74, 6) is -0.920. The van der Waals surface area contributed by atoms with Crippen molar-refractivity contribution in [2.75, 3.05) is 18.5 Å². The molecule has 0 fully saturated rings. The van der Waals surface area contributed by atoms with Crippen LogP contribution in [0.5, 0.6) is 0 Å². The maximum atomic E-state index is 13.4. The van der Waals surface area contributed by atoms with Gasteiger partial charge in [0.15, 0.2) is 0 Å². The highest BCUT2D eigenvalue weighted by molar-refractivity contribution is 7.89. The number of hydrogen-bond donors (Lipinski definition) is 2. The number of carbonyl (C=O) groups is 2. The van der Waals surface area contributed by atoms with Gasteiger partial charge < -0.3 is 10.6 Å². The molecule has 1 aliphatic heterocycles. The number of nitriles is 2. The summed E-state index contributed by atoms with van der Waals surface area (Å²) in [7, 11) is -2.96. The van der Waals surface area contributed by atoms with Crippen LogP contribution in [0.4, 0.5) is 14.9 Å². The lowest BCUT2D eigenvalue weighted by Gasteiger charge is -2.40. The van der Waals surface area contributed by atoms with Crippen LogP contribution in [0, 0.1) is 22.7 Å². The van der Waals surface area contributed by atoms with Gasteiger partial charge in [-0.1, -0.05) is 18.2 Å². The van der Waals surface area contributed by atoms with Gasteiger partial charge in [-0.25, -0.2) is 22.3 Å². The molecule has 1 heterocycles. The predicted molar refractivity (Wildman–Crippen MR) is 123 cm³/mol. The van der Waals surface area contributed by atoms with Crippen LogP contribution in [0.25, 0.3) is 0 Å². The van der Waals surface area contributed by atoms with Gasteiger partial charge in [-0.05, 0) is 36.8 Å². The van der Waals surface area contributed by atoms with Gasteiger partial charge in [-0.15, -0.1) is 0 Å². The van der Waals surface area contributed by atoms with E-state index in [1.807, 2.05) is 6.07 Å². The first kappa shape index (κ1) is 25.4. The molecule has 0 unspecified atom stereocenters. The monoisotopic (exact) mass is 496 g/mol. The quantitative estimate of drug-likeness (QED) is 0.597. The molecule has 3 N–H and O–H groups in total. The zero-order valence-electron chi connectivity index (χ0n) is 18.8. The van der Waals surface area contributed by atoms with E-state index in [1.165, 1.54) is 42.0 Å². The number of allylic oxidation sites excluding steroid dienone is 1. The van der Waals surface area contributed by atoms with Crippen LogP contribution in [0.2, 0.25) is 0 Å². The Morgan fingerprint density at radius 3 is 2.51 bits per heavy atom. The molecule has 1 aliphatic rings. The molecule has 2 aromatic rings. The van der Waals surface area contributed by atoms with Crippen LogP contribution in [0.3, 0.4) is 0 Å². The van der Waals surface area contributed by atoms with Crippen LogP contribution >= 0.6 is 0 Å². The first-order valence-corrected chi connectivity index (χ1v) is 11.7. The molecule has 0 bridgehead atoms. The molecule has 180 valence electrons. The van der Waals surface area contributed by atoms with E-state index in [1.54, 1.807) is 18.2 Å². The second-order valence-corrected chi connectivity index (χ2v) is 9.44. The Labute approximate surface area is 201 Å². The number of sulfonamides is 1. The highest BCUT2D eigenvalue weighted by Gasteiger charge is 2.40. The van der Waals surface area contributed by atoms with Crippen molar-refractivity contribution in [2.24, 2.45) is 5.73 Å². The number of carbonyl (C=O) groups excluding carboxylic acids is 2. The number of anilines is 1. The summed E-state index contributed by atoms with van der Waals surface area (Å²) in [6, 6.07) is 12.2. The molecule has 10 nitrogen and oxygen atoms in total. The third-order valence-corrected chi connectivity index (χ3v) is 6.94. The minimum atomic E-state index is -4.36.